The molecule has 0 bridgehead atoms. The molecule has 0 unspecified atom stereocenters. The third-order valence-electron chi connectivity index (χ3n) is 4.86. The molecule has 0 aromatic heterocycles. The van der Waals surface area contributed by atoms with Crippen LogP contribution in [0.5, 0.6) is 5.75 Å². The second-order valence-corrected chi connectivity index (χ2v) is 10.3. The average Bonchev–Trinajstić information content (AvgIpc) is 2.74. The number of halogens is 1. The van der Waals surface area contributed by atoms with Gasteiger partial charge in [-0.1, -0.05) is 44.5 Å². The van der Waals surface area contributed by atoms with Gasteiger partial charge < -0.3 is 5.11 Å². The molecule has 0 heterocycles. The molecule has 0 aliphatic rings. The van der Waals surface area contributed by atoms with Crippen molar-refractivity contribution >= 4 is 27.3 Å². The lowest BCUT2D eigenvalue weighted by molar-refractivity contribution is 0.432. The van der Waals surface area contributed by atoms with Crippen molar-refractivity contribution in [3.63, 3.8) is 0 Å². The topological polar surface area (TPSA) is 114 Å². The van der Waals surface area contributed by atoms with Gasteiger partial charge in [0.25, 0.3) is 10.0 Å². The Morgan fingerprint density at radius 1 is 0.906 bits per heavy atom. The standard InChI is InChI=1S/C24H20ClN3O3S/c1-24(2,3)19-11-18(17-7-4-15(13-26)5-8-17)12-22(23(19)29)32(30,31)28-21-9-6-16(14-27)10-20(21)25/h4-12,28-29H,1-3H3. The molecule has 0 atom stereocenters. The van der Waals surface area contributed by atoms with Crippen LogP contribution in [-0.4, -0.2) is 13.5 Å². The molecule has 0 aliphatic heterocycles. The quantitative estimate of drug-likeness (QED) is 0.523. The molecule has 0 amide bonds. The number of nitriles is 2. The van der Waals surface area contributed by atoms with Crippen LogP contribution in [0, 0.1) is 22.7 Å². The van der Waals surface area contributed by atoms with Crippen molar-refractivity contribution in [3.8, 4) is 29.0 Å². The first-order valence-electron chi connectivity index (χ1n) is 9.57. The fourth-order valence-corrected chi connectivity index (χ4v) is 4.66. The first-order valence-corrected chi connectivity index (χ1v) is 11.4. The summed E-state index contributed by atoms with van der Waals surface area (Å²) in [4.78, 5) is -0.301. The van der Waals surface area contributed by atoms with Crippen molar-refractivity contribution in [3.05, 3.63) is 76.3 Å². The van der Waals surface area contributed by atoms with E-state index in [0.717, 1.165) is 0 Å². The summed E-state index contributed by atoms with van der Waals surface area (Å²) in [7, 11) is -4.23. The van der Waals surface area contributed by atoms with E-state index in [1.54, 1.807) is 30.3 Å². The molecule has 3 rings (SSSR count). The van der Waals surface area contributed by atoms with Gasteiger partial charge in [-0.15, -0.1) is 0 Å². The van der Waals surface area contributed by atoms with Crippen molar-refractivity contribution in [2.75, 3.05) is 4.72 Å². The fraction of sp³-hybridized carbons (Fsp3) is 0.167. The first kappa shape index (κ1) is 23.1. The van der Waals surface area contributed by atoms with Gasteiger partial charge in [-0.05, 0) is 59.0 Å². The molecule has 0 spiro atoms. The summed E-state index contributed by atoms with van der Waals surface area (Å²) in [6.45, 7) is 5.60. The van der Waals surface area contributed by atoms with E-state index in [9.17, 15) is 13.5 Å². The van der Waals surface area contributed by atoms with Crippen molar-refractivity contribution < 1.29 is 13.5 Å². The van der Waals surface area contributed by atoms with Crippen LogP contribution in [0.4, 0.5) is 5.69 Å². The van der Waals surface area contributed by atoms with Crippen LogP contribution in [-0.2, 0) is 15.4 Å². The van der Waals surface area contributed by atoms with Crippen LogP contribution in [0.1, 0.15) is 37.5 Å². The van der Waals surface area contributed by atoms with Crippen molar-refractivity contribution in [1.29, 1.82) is 10.5 Å². The highest BCUT2D eigenvalue weighted by Gasteiger charge is 2.28. The van der Waals surface area contributed by atoms with E-state index in [0.29, 0.717) is 27.8 Å². The summed E-state index contributed by atoms with van der Waals surface area (Å²) < 4.78 is 28.9. The Morgan fingerprint density at radius 3 is 2.03 bits per heavy atom. The van der Waals surface area contributed by atoms with E-state index >= 15 is 0 Å². The molecule has 2 N–H and O–H groups in total. The van der Waals surface area contributed by atoms with E-state index in [1.165, 1.54) is 24.3 Å². The van der Waals surface area contributed by atoms with Gasteiger partial charge in [-0.2, -0.15) is 10.5 Å². The van der Waals surface area contributed by atoms with Crippen LogP contribution in [0.3, 0.4) is 0 Å². The van der Waals surface area contributed by atoms with Crippen molar-refractivity contribution in [1.82, 2.24) is 0 Å². The summed E-state index contributed by atoms with van der Waals surface area (Å²) in [5, 5.41) is 29.0. The average molecular weight is 466 g/mol. The number of rotatable bonds is 4. The number of nitrogens with one attached hydrogen (secondary N) is 1. The Labute approximate surface area is 192 Å². The highest BCUT2D eigenvalue weighted by atomic mass is 35.5. The number of benzene rings is 3. The first-order chi connectivity index (χ1) is 15.0. The largest absolute Gasteiger partial charge is 0.506 e. The van der Waals surface area contributed by atoms with Crippen LogP contribution in [0.2, 0.25) is 5.02 Å². The number of nitrogens with zero attached hydrogens (tertiary/aromatic N) is 2. The molecule has 8 heteroatoms. The summed E-state index contributed by atoms with van der Waals surface area (Å²) in [6, 6.07) is 18.0. The van der Waals surface area contributed by atoms with Gasteiger partial charge >= 0.3 is 0 Å². The van der Waals surface area contributed by atoms with E-state index in [-0.39, 0.29) is 21.4 Å². The number of phenolic OH excluding ortho intramolecular Hbond substituents is 1. The minimum Gasteiger partial charge on any atom is -0.506 e. The number of aromatic hydroxyl groups is 1. The normalized spacial score (nSPS) is 11.4. The zero-order valence-corrected chi connectivity index (χ0v) is 19.2. The second kappa shape index (κ2) is 8.55. The Bertz CT molecular complexity index is 1380. The van der Waals surface area contributed by atoms with Gasteiger partial charge in [-0.25, -0.2) is 8.42 Å². The summed E-state index contributed by atoms with van der Waals surface area (Å²) >= 11 is 6.13. The van der Waals surface area contributed by atoms with E-state index in [4.69, 9.17) is 22.1 Å². The van der Waals surface area contributed by atoms with E-state index < -0.39 is 15.4 Å². The maximum Gasteiger partial charge on any atom is 0.265 e. The minimum absolute atomic E-state index is 0.0615. The molecule has 3 aromatic carbocycles. The molecule has 162 valence electrons. The van der Waals surface area contributed by atoms with Crippen LogP contribution < -0.4 is 4.72 Å². The fourth-order valence-electron chi connectivity index (χ4n) is 3.16. The Hall–Kier alpha value is -3.52. The molecule has 0 aliphatic carbocycles. The van der Waals surface area contributed by atoms with Crippen molar-refractivity contribution in [2.24, 2.45) is 0 Å². The second-order valence-electron chi connectivity index (χ2n) is 8.22. The van der Waals surface area contributed by atoms with Crippen LogP contribution in [0.25, 0.3) is 11.1 Å². The van der Waals surface area contributed by atoms with E-state index in [1.807, 2.05) is 32.9 Å². The number of hydrogen-bond donors (Lipinski definition) is 2. The van der Waals surface area contributed by atoms with E-state index in [2.05, 4.69) is 4.72 Å². The monoisotopic (exact) mass is 465 g/mol. The summed E-state index contributed by atoms with van der Waals surface area (Å²) in [6.07, 6.45) is 0. The Morgan fingerprint density at radius 2 is 1.50 bits per heavy atom. The van der Waals surface area contributed by atoms with Crippen LogP contribution in [0.15, 0.2) is 59.5 Å². The molecule has 32 heavy (non-hydrogen) atoms. The maximum absolute atomic E-state index is 13.3. The highest BCUT2D eigenvalue weighted by molar-refractivity contribution is 7.92. The van der Waals surface area contributed by atoms with Gasteiger partial charge in [0.15, 0.2) is 0 Å². The zero-order chi connectivity index (χ0) is 23.7. The Kier molecular flexibility index (Phi) is 6.18. The molecule has 0 fully saturated rings. The maximum atomic E-state index is 13.3. The molecule has 0 saturated heterocycles. The zero-order valence-electron chi connectivity index (χ0n) is 17.6. The molecule has 0 saturated carbocycles. The molecule has 6 nitrogen and oxygen atoms in total. The van der Waals surface area contributed by atoms with Gasteiger partial charge in [0, 0.05) is 5.56 Å². The third-order valence-corrected chi connectivity index (χ3v) is 6.55. The van der Waals surface area contributed by atoms with Gasteiger partial charge in [-0.3, -0.25) is 4.72 Å². The van der Waals surface area contributed by atoms with Gasteiger partial charge in [0.05, 0.1) is 34.0 Å². The SMILES string of the molecule is CC(C)(C)c1cc(-c2ccc(C#N)cc2)cc(S(=O)(=O)Nc2ccc(C#N)cc2Cl)c1O. The number of sulfonamides is 1. The van der Waals surface area contributed by atoms with Gasteiger partial charge in [0.2, 0.25) is 0 Å². The number of phenols is 1. The van der Waals surface area contributed by atoms with Gasteiger partial charge in [0.1, 0.15) is 10.6 Å². The summed E-state index contributed by atoms with van der Waals surface area (Å²) in [5.41, 5.74) is 2.03. The summed E-state index contributed by atoms with van der Waals surface area (Å²) in [5.74, 6) is -0.354. The Balaban J connectivity index is 2.17. The molecular weight excluding hydrogens is 446 g/mol. The molecule has 0 radical (unpaired) electrons. The lowest BCUT2D eigenvalue weighted by atomic mass is 9.84. The molecule has 3 aromatic rings. The lowest BCUT2D eigenvalue weighted by Crippen LogP contribution is -2.17. The lowest BCUT2D eigenvalue weighted by Gasteiger charge is -2.23. The number of hydrogen-bond acceptors (Lipinski definition) is 5. The third kappa shape index (κ3) is 4.70. The number of anilines is 1. The minimum atomic E-state index is -4.23. The van der Waals surface area contributed by atoms with Crippen molar-refractivity contribution in [2.45, 2.75) is 31.1 Å². The van der Waals surface area contributed by atoms with Crippen LogP contribution >= 0.6 is 11.6 Å². The predicted octanol–water partition coefficient (Wildman–Crippen LogP) is 5.55. The smallest absolute Gasteiger partial charge is 0.265 e. The molecular formula is C24H20ClN3O3S. The highest BCUT2D eigenvalue weighted by Crippen LogP contribution is 2.40. The predicted molar refractivity (Wildman–Crippen MR) is 124 cm³/mol.